The fourth-order valence-corrected chi connectivity index (χ4v) is 3.81. The molecule has 0 aromatic heterocycles. The molecule has 2 aromatic rings. The number of ether oxygens (including phenoxy) is 2. The van der Waals surface area contributed by atoms with E-state index in [4.69, 9.17) is 9.47 Å². The summed E-state index contributed by atoms with van der Waals surface area (Å²) in [5, 5.41) is 3.16. The van der Waals surface area contributed by atoms with Crippen LogP contribution in [0.15, 0.2) is 53.5 Å². The zero-order valence-electron chi connectivity index (χ0n) is 15.8. The van der Waals surface area contributed by atoms with Crippen LogP contribution in [0, 0.1) is 0 Å². The van der Waals surface area contributed by atoms with Crippen LogP contribution in [0.5, 0.6) is 11.5 Å². The van der Waals surface area contributed by atoms with Gasteiger partial charge in [0.15, 0.2) is 5.17 Å². The molecule has 3 rings (SSSR count). The fourth-order valence-electron chi connectivity index (χ4n) is 2.83. The predicted octanol–water partition coefficient (Wildman–Crippen LogP) is 3.17. The first-order valence-electron chi connectivity index (χ1n) is 8.61. The van der Waals surface area contributed by atoms with Crippen LogP contribution in [0.3, 0.4) is 0 Å². The lowest BCUT2D eigenvalue weighted by Gasteiger charge is -2.16. The minimum Gasteiger partial charge on any atom is -0.497 e. The zero-order chi connectivity index (χ0) is 20.1. The monoisotopic (exact) mass is 399 g/mol. The Morgan fingerprint density at radius 2 is 1.82 bits per heavy atom. The fraction of sp³-hybridized carbons (Fsp3) is 0.250. The highest BCUT2D eigenvalue weighted by Crippen LogP contribution is 2.32. The molecule has 1 aliphatic rings. The van der Waals surface area contributed by atoms with E-state index < -0.39 is 5.25 Å². The van der Waals surface area contributed by atoms with Gasteiger partial charge in [-0.25, -0.2) is 4.90 Å². The Bertz CT molecular complexity index is 899. The van der Waals surface area contributed by atoms with Crippen molar-refractivity contribution in [2.75, 3.05) is 31.5 Å². The number of amides is 2. The van der Waals surface area contributed by atoms with Crippen LogP contribution in [0.1, 0.15) is 6.42 Å². The van der Waals surface area contributed by atoms with Crippen molar-refractivity contribution in [3.8, 4) is 11.5 Å². The zero-order valence-corrected chi connectivity index (χ0v) is 16.7. The molecule has 2 amide bonds. The molecule has 1 fully saturated rings. The number of amidine groups is 1. The van der Waals surface area contributed by atoms with Crippen molar-refractivity contribution in [2.45, 2.75) is 11.7 Å². The quantitative estimate of drug-likeness (QED) is 0.473. The Labute approximate surface area is 167 Å². The second kappa shape index (κ2) is 8.79. The lowest BCUT2D eigenvalue weighted by atomic mass is 10.3. The summed E-state index contributed by atoms with van der Waals surface area (Å²) in [4.78, 5) is 30.7. The van der Waals surface area contributed by atoms with E-state index in [-0.39, 0.29) is 18.2 Å². The Kier molecular flexibility index (Phi) is 6.20. The van der Waals surface area contributed by atoms with Gasteiger partial charge in [-0.15, -0.1) is 0 Å². The van der Waals surface area contributed by atoms with E-state index in [1.165, 1.54) is 16.7 Å². The number of hydrogen-bond donors (Lipinski definition) is 1. The molecule has 1 N–H and O–H groups in total. The normalized spacial score (nSPS) is 17.0. The van der Waals surface area contributed by atoms with Gasteiger partial charge in [0.2, 0.25) is 11.8 Å². The molecule has 8 heteroatoms. The number of nitrogens with zero attached hydrogens (tertiary/aromatic N) is 2. The molecule has 28 heavy (non-hydrogen) atoms. The number of thioether (sulfide) groups is 1. The van der Waals surface area contributed by atoms with Crippen LogP contribution in [0.2, 0.25) is 0 Å². The molecule has 0 radical (unpaired) electrons. The minimum atomic E-state index is -0.546. The molecule has 0 bridgehead atoms. The van der Waals surface area contributed by atoms with E-state index in [0.717, 1.165) is 5.69 Å². The molecule has 1 heterocycles. The maximum atomic E-state index is 12.8. The van der Waals surface area contributed by atoms with E-state index in [9.17, 15) is 9.59 Å². The number of anilines is 2. The van der Waals surface area contributed by atoms with Gasteiger partial charge in [0.25, 0.3) is 0 Å². The van der Waals surface area contributed by atoms with E-state index in [2.05, 4.69) is 10.3 Å². The molecule has 0 aliphatic carbocycles. The van der Waals surface area contributed by atoms with Gasteiger partial charge in [0.1, 0.15) is 16.7 Å². The average Bonchev–Trinajstić information content (AvgIpc) is 3.00. The number of imide groups is 1. The molecule has 2 aromatic carbocycles. The molecule has 146 valence electrons. The molecule has 1 atom stereocenters. The third-order valence-electron chi connectivity index (χ3n) is 4.24. The third-order valence-corrected chi connectivity index (χ3v) is 5.40. The van der Waals surface area contributed by atoms with Gasteiger partial charge in [0.05, 0.1) is 25.6 Å². The first-order valence-corrected chi connectivity index (χ1v) is 9.49. The van der Waals surface area contributed by atoms with Crippen molar-refractivity contribution in [1.29, 1.82) is 0 Å². The average molecular weight is 399 g/mol. The predicted molar refractivity (Wildman–Crippen MR) is 111 cm³/mol. The number of rotatable bonds is 5. The van der Waals surface area contributed by atoms with Crippen molar-refractivity contribution in [1.82, 2.24) is 0 Å². The van der Waals surface area contributed by atoms with Gasteiger partial charge in [-0.3, -0.25) is 14.6 Å². The van der Waals surface area contributed by atoms with Gasteiger partial charge in [0, 0.05) is 13.5 Å². The van der Waals surface area contributed by atoms with E-state index in [0.29, 0.717) is 22.4 Å². The minimum absolute atomic E-state index is 0.113. The molecular formula is C20H21N3O4S. The summed E-state index contributed by atoms with van der Waals surface area (Å²) in [7, 11) is 4.78. The Hall–Kier alpha value is -3.00. The summed E-state index contributed by atoms with van der Waals surface area (Å²) in [5.74, 6) is 0.830. The van der Waals surface area contributed by atoms with Crippen molar-refractivity contribution >= 4 is 40.1 Å². The summed E-state index contributed by atoms with van der Waals surface area (Å²) in [5.41, 5.74) is 1.27. The van der Waals surface area contributed by atoms with Gasteiger partial charge in [-0.1, -0.05) is 23.9 Å². The van der Waals surface area contributed by atoms with Crippen LogP contribution in [-0.4, -0.2) is 43.5 Å². The van der Waals surface area contributed by atoms with Crippen molar-refractivity contribution < 1.29 is 19.1 Å². The van der Waals surface area contributed by atoms with Gasteiger partial charge >= 0.3 is 0 Å². The van der Waals surface area contributed by atoms with Crippen molar-refractivity contribution in [2.24, 2.45) is 4.99 Å². The molecule has 0 spiro atoms. The Morgan fingerprint density at radius 3 is 2.46 bits per heavy atom. The number of carbonyl (C=O) groups is 2. The summed E-state index contributed by atoms with van der Waals surface area (Å²) >= 11 is 1.23. The lowest BCUT2D eigenvalue weighted by Crippen LogP contribution is -2.31. The number of para-hydroxylation sites is 2. The van der Waals surface area contributed by atoms with Crippen molar-refractivity contribution in [3.63, 3.8) is 0 Å². The van der Waals surface area contributed by atoms with Crippen LogP contribution >= 0.6 is 11.8 Å². The van der Waals surface area contributed by atoms with E-state index in [1.54, 1.807) is 45.5 Å². The number of benzene rings is 2. The third kappa shape index (κ3) is 4.12. The molecule has 7 nitrogen and oxygen atoms in total. The van der Waals surface area contributed by atoms with Gasteiger partial charge in [-0.05, 0) is 36.4 Å². The lowest BCUT2D eigenvalue weighted by molar-refractivity contribution is -0.121. The maximum Gasteiger partial charge on any atom is 0.247 e. The first-order chi connectivity index (χ1) is 13.6. The maximum absolute atomic E-state index is 12.8. The summed E-state index contributed by atoms with van der Waals surface area (Å²) < 4.78 is 10.4. The topological polar surface area (TPSA) is 80.2 Å². The summed E-state index contributed by atoms with van der Waals surface area (Å²) in [6.07, 6.45) is 0.113. The molecular weight excluding hydrogens is 378 g/mol. The molecule has 1 aliphatic heterocycles. The number of hydrogen-bond acceptors (Lipinski definition) is 6. The van der Waals surface area contributed by atoms with Crippen LogP contribution in [0.25, 0.3) is 0 Å². The number of nitrogens with one attached hydrogen (secondary N) is 1. The standard InChI is InChI=1S/C20H21N3O4S/c1-21-20(22-15-6-4-5-7-16(15)27-3)28-17-12-18(24)23(19(17)25)13-8-10-14(26-2)11-9-13/h4-11,17H,12H2,1-3H3,(H,21,22)/t17-/m0/s1. The van der Waals surface area contributed by atoms with E-state index >= 15 is 0 Å². The highest BCUT2D eigenvalue weighted by atomic mass is 32.2. The van der Waals surface area contributed by atoms with Crippen LogP contribution in [0.4, 0.5) is 11.4 Å². The summed E-state index contributed by atoms with van der Waals surface area (Å²) in [6.45, 7) is 0. The van der Waals surface area contributed by atoms with Crippen molar-refractivity contribution in [3.05, 3.63) is 48.5 Å². The second-order valence-electron chi connectivity index (χ2n) is 5.93. The second-order valence-corrected chi connectivity index (χ2v) is 7.12. The summed E-state index contributed by atoms with van der Waals surface area (Å²) in [6, 6.07) is 14.3. The van der Waals surface area contributed by atoms with Gasteiger partial charge < -0.3 is 14.8 Å². The molecule has 0 saturated carbocycles. The molecule has 0 unspecified atom stereocenters. The van der Waals surface area contributed by atoms with Crippen LogP contribution < -0.4 is 19.7 Å². The Morgan fingerprint density at radius 1 is 1.11 bits per heavy atom. The number of methoxy groups -OCH3 is 2. The van der Waals surface area contributed by atoms with Crippen LogP contribution in [-0.2, 0) is 9.59 Å². The highest BCUT2D eigenvalue weighted by Gasteiger charge is 2.40. The smallest absolute Gasteiger partial charge is 0.247 e. The van der Waals surface area contributed by atoms with Gasteiger partial charge in [-0.2, -0.15) is 0 Å². The highest BCUT2D eigenvalue weighted by molar-refractivity contribution is 8.15. The SMILES string of the molecule is CN=C(Nc1ccccc1OC)S[C@H]1CC(=O)N(c2ccc(OC)cc2)C1=O. The Balaban J connectivity index is 1.73. The van der Waals surface area contributed by atoms with E-state index in [1.807, 2.05) is 24.3 Å². The molecule has 1 saturated heterocycles. The largest absolute Gasteiger partial charge is 0.497 e. The number of aliphatic imine (C=N–C) groups is 1. The first kappa shape index (κ1) is 19.8. The number of carbonyl (C=O) groups excluding carboxylic acids is 2.